The van der Waals surface area contributed by atoms with Crippen molar-refractivity contribution in [1.82, 2.24) is 30.3 Å². The van der Waals surface area contributed by atoms with Gasteiger partial charge in [0.2, 0.25) is 16.9 Å². The first-order valence-corrected chi connectivity index (χ1v) is 8.54. The molecule has 0 fully saturated rings. The Morgan fingerprint density at radius 3 is 2.88 bits per heavy atom. The van der Waals surface area contributed by atoms with Crippen molar-refractivity contribution in [3.05, 3.63) is 53.6 Å². The smallest absolute Gasteiger partial charge is 0.238 e. The summed E-state index contributed by atoms with van der Waals surface area (Å²) in [6, 6.07) is 9.65. The second kappa shape index (κ2) is 6.52. The number of nitrogens with zero attached hydrogens (tertiary/aromatic N) is 6. The van der Waals surface area contributed by atoms with Crippen molar-refractivity contribution >= 4 is 11.8 Å². The minimum atomic E-state index is 0.425. The number of hydrogen-bond acceptors (Lipinski definition) is 8. The van der Waals surface area contributed by atoms with Crippen LogP contribution in [0.4, 0.5) is 0 Å². The number of hydrogen-bond donors (Lipinski definition) is 0. The van der Waals surface area contributed by atoms with Gasteiger partial charge in [-0.3, -0.25) is 0 Å². The number of aryl methyl sites for hydroxylation is 2. The van der Waals surface area contributed by atoms with Crippen molar-refractivity contribution in [2.75, 3.05) is 0 Å². The molecule has 0 unspecified atom stereocenters. The second-order valence-electron chi connectivity index (χ2n) is 5.42. The summed E-state index contributed by atoms with van der Waals surface area (Å²) in [6.45, 7) is 4.13. The Balaban J connectivity index is 1.51. The first kappa shape index (κ1) is 15.6. The highest BCUT2D eigenvalue weighted by Gasteiger charge is 2.14. The normalized spacial score (nSPS) is 11.1. The van der Waals surface area contributed by atoms with E-state index in [2.05, 4.69) is 51.6 Å². The highest BCUT2D eigenvalue weighted by molar-refractivity contribution is 7.98. The third-order valence-electron chi connectivity index (χ3n) is 3.71. The van der Waals surface area contributed by atoms with Crippen LogP contribution in [0.1, 0.15) is 17.0 Å². The molecular weight excluding hydrogens is 340 g/mol. The third-order valence-corrected chi connectivity index (χ3v) is 4.61. The zero-order valence-corrected chi connectivity index (χ0v) is 14.4. The van der Waals surface area contributed by atoms with Gasteiger partial charge in [-0.15, -0.1) is 5.10 Å². The van der Waals surface area contributed by atoms with Crippen LogP contribution in [-0.4, -0.2) is 30.3 Å². The number of thioether (sulfide) groups is 1. The Kier molecular flexibility index (Phi) is 4.06. The maximum Gasteiger partial charge on any atom is 0.238 e. The lowest BCUT2D eigenvalue weighted by atomic mass is 10.1. The van der Waals surface area contributed by atoms with Crippen LogP contribution in [0.2, 0.25) is 0 Å². The van der Waals surface area contributed by atoms with Gasteiger partial charge in [-0.05, 0) is 59.7 Å². The Labute approximate surface area is 147 Å². The summed E-state index contributed by atoms with van der Waals surface area (Å²) < 4.78 is 12.2. The van der Waals surface area contributed by atoms with E-state index in [1.807, 2.05) is 6.07 Å². The van der Waals surface area contributed by atoms with Crippen LogP contribution in [0.15, 0.2) is 50.7 Å². The molecule has 0 amide bonds. The number of furan rings is 1. The Morgan fingerprint density at radius 2 is 2.08 bits per heavy atom. The summed E-state index contributed by atoms with van der Waals surface area (Å²) in [5.41, 5.74) is 3.32. The van der Waals surface area contributed by atoms with Gasteiger partial charge in [0.1, 0.15) is 0 Å². The molecule has 0 aliphatic rings. The quantitative estimate of drug-likeness (QED) is 0.504. The zero-order chi connectivity index (χ0) is 17.2. The van der Waals surface area contributed by atoms with E-state index < -0.39 is 0 Å². The van der Waals surface area contributed by atoms with E-state index >= 15 is 0 Å². The number of tetrazole rings is 1. The molecule has 0 saturated heterocycles. The van der Waals surface area contributed by atoms with Gasteiger partial charge >= 0.3 is 0 Å². The molecule has 4 rings (SSSR count). The van der Waals surface area contributed by atoms with E-state index in [4.69, 9.17) is 8.94 Å². The highest BCUT2D eigenvalue weighted by atomic mass is 32.2. The standard InChI is InChI=1S/C16H14N6O2S/c1-10-5-6-12(8-11(10)2)22-16(18-20-21-22)25-9-14-17-15(19-24-14)13-4-3-7-23-13/h3-8H,9H2,1-2H3. The van der Waals surface area contributed by atoms with E-state index in [9.17, 15) is 0 Å². The van der Waals surface area contributed by atoms with Crippen LogP contribution in [-0.2, 0) is 5.75 Å². The molecule has 0 aliphatic carbocycles. The van der Waals surface area contributed by atoms with Crippen molar-refractivity contribution in [2.45, 2.75) is 24.8 Å². The van der Waals surface area contributed by atoms with Crippen LogP contribution in [0.3, 0.4) is 0 Å². The van der Waals surface area contributed by atoms with Gasteiger partial charge in [-0.1, -0.05) is 23.0 Å². The molecule has 4 aromatic rings. The maximum atomic E-state index is 5.25. The minimum Gasteiger partial charge on any atom is -0.461 e. The van der Waals surface area contributed by atoms with Gasteiger partial charge in [0.05, 0.1) is 17.7 Å². The van der Waals surface area contributed by atoms with Crippen molar-refractivity contribution in [2.24, 2.45) is 0 Å². The molecule has 1 aromatic carbocycles. The van der Waals surface area contributed by atoms with E-state index in [-0.39, 0.29) is 0 Å². The fraction of sp³-hybridized carbons (Fsp3) is 0.188. The van der Waals surface area contributed by atoms with Gasteiger partial charge in [0, 0.05) is 0 Å². The summed E-state index contributed by atoms with van der Waals surface area (Å²) in [5, 5.41) is 16.5. The fourth-order valence-electron chi connectivity index (χ4n) is 2.23. The third kappa shape index (κ3) is 3.18. The average molecular weight is 354 g/mol. The van der Waals surface area contributed by atoms with Crippen LogP contribution in [0.25, 0.3) is 17.3 Å². The lowest BCUT2D eigenvalue weighted by Gasteiger charge is -2.06. The highest BCUT2D eigenvalue weighted by Crippen LogP contribution is 2.24. The fourth-order valence-corrected chi connectivity index (χ4v) is 2.96. The average Bonchev–Trinajstić information content (AvgIpc) is 3.36. The molecule has 0 radical (unpaired) electrons. The number of rotatable bonds is 5. The molecule has 0 bridgehead atoms. The van der Waals surface area contributed by atoms with Crippen LogP contribution in [0, 0.1) is 13.8 Å². The molecule has 0 N–H and O–H groups in total. The predicted molar refractivity (Wildman–Crippen MR) is 90.2 cm³/mol. The van der Waals surface area contributed by atoms with Crippen molar-refractivity contribution in [3.63, 3.8) is 0 Å². The maximum absolute atomic E-state index is 5.25. The zero-order valence-electron chi connectivity index (χ0n) is 13.6. The molecule has 9 heteroatoms. The Bertz CT molecular complexity index is 992. The summed E-state index contributed by atoms with van der Waals surface area (Å²) in [5.74, 6) is 1.93. The van der Waals surface area contributed by atoms with E-state index in [1.54, 1.807) is 23.1 Å². The van der Waals surface area contributed by atoms with Gasteiger partial charge in [0.25, 0.3) is 0 Å². The van der Waals surface area contributed by atoms with Gasteiger partial charge in [0.15, 0.2) is 5.76 Å². The topological polar surface area (TPSA) is 95.7 Å². The molecule has 3 heterocycles. The van der Waals surface area contributed by atoms with Gasteiger partial charge < -0.3 is 8.94 Å². The Morgan fingerprint density at radius 1 is 1.16 bits per heavy atom. The molecule has 25 heavy (non-hydrogen) atoms. The molecule has 0 atom stereocenters. The largest absolute Gasteiger partial charge is 0.461 e. The summed E-state index contributed by atoms with van der Waals surface area (Å²) in [6.07, 6.45) is 1.57. The number of aromatic nitrogens is 6. The van der Waals surface area contributed by atoms with Gasteiger partial charge in [-0.2, -0.15) is 9.67 Å². The SMILES string of the molecule is Cc1ccc(-n2nnnc2SCc2nc(-c3ccco3)no2)cc1C. The predicted octanol–water partition coefficient (Wildman–Crippen LogP) is 3.21. The number of benzene rings is 1. The molecule has 3 aromatic heterocycles. The minimum absolute atomic E-state index is 0.425. The first-order valence-electron chi connectivity index (χ1n) is 7.56. The lowest BCUT2D eigenvalue weighted by molar-refractivity contribution is 0.390. The van der Waals surface area contributed by atoms with Gasteiger partial charge in [-0.25, -0.2) is 0 Å². The van der Waals surface area contributed by atoms with Crippen molar-refractivity contribution in [1.29, 1.82) is 0 Å². The first-order chi connectivity index (χ1) is 12.2. The molecular formula is C16H14N6O2S. The summed E-state index contributed by atoms with van der Waals surface area (Å²) >= 11 is 1.42. The molecule has 8 nitrogen and oxygen atoms in total. The molecule has 0 saturated carbocycles. The second-order valence-corrected chi connectivity index (χ2v) is 6.36. The molecule has 0 spiro atoms. The summed E-state index contributed by atoms with van der Waals surface area (Å²) in [7, 11) is 0. The summed E-state index contributed by atoms with van der Waals surface area (Å²) in [4.78, 5) is 4.31. The van der Waals surface area contributed by atoms with Crippen LogP contribution >= 0.6 is 11.8 Å². The van der Waals surface area contributed by atoms with E-state index in [1.165, 1.54) is 22.9 Å². The van der Waals surface area contributed by atoms with E-state index in [0.717, 1.165) is 5.69 Å². The van der Waals surface area contributed by atoms with Crippen molar-refractivity contribution in [3.8, 4) is 17.3 Å². The van der Waals surface area contributed by atoms with E-state index in [0.29, 0.717) is 28.4 Å². The van der Waals surface area contributed by atoms with Crippen molar-refractivity contribution < 1.29 is 8.94 Å². The molecule has 0 aliphatic heterocycles. The lowest BCUT2D eigenvalue weighted by Crippen LogP contribution is -2.00. The van der Waals surface area contributed by atoms with Crippen LogP contribution < -0.4 is 0 Å². The monoisotopic (exact) mass is 354 g/mol. The Hall–Kier alpha value is -2.94. The van der Waals surface area contributed by atoms with Crippen LogP contribution in [0.5, 0.6) is 0 Å². The molecule has 126 valence electrons.